The standard InChI is InChI=1S/C34H36N4O4/c1-22(2)31(34(42)35-26-17-13-23(14-18-26)15-20-30(39)40)36-33(41)25-16-19-28-29(21-25)37-38(27-11-7-4-8-12-27)32(28)24-9-5-3-6-10-24/h4,7-8,11-22,24,31H,3,5-6,9-10H2,1-2H3,(H,35,42)(H,36,41)(H,39,40)/b20-15+/t31-/m0/s1. The number of hydrogen-bond donors (Lipinski definition) is 3. The van der Waals surface area contributed by atoms with Crippen LogP contribution < -0.4 is 10.6 Å². The number of aliphatic carboxylic acids is 1. The van der Waals surface area contributed by atoms with Gasteiger partial charge in [-0.15, -0.1) is 0 Å². The van der Waals surface area contributed by atoms with Gasteiger partial charge < -0.3 is 15.7 Å². The molecule has 8 nitrogen and oxygen atoms in total. The van der Waals surface area contributed by atoms with Crippen LogP contribution in [0.2, 0.25) is 0 Å². The van der Waals surface area contributed by atoms with Crippen molar-refractivity contribution in [2.45, 2.75) is 57.9 Å². The van der Waals surface area contributed by atoms with Crippen molar-refractivity contribution in [2.75, 3.05) is 5.32 Å². The molecule has 1 aliphatic rings. The van der Waals surface area contributed by atoms with Gasteiger partial charge in [-0.05, 0) is 66.8 Å². The third kappa shape index (κ3) is 6.60. The van der Waals surface area contributed by atoms with E-state index in [0.29, 0.717) is 22.7 Å². The molecule has 1 aromatic heterocycles. The highest BCUT2D eigenvalue weighted by Gasteiger charge is 2.27. The molecular weight excluding hydrogens is 528 g/mol. The van der Waals surface area contributed by atoms with Crippen LogP contribution in [0.3, 0.4) is 0 Å². The van der Waals surface area contributed by atoms with Crippen molar-refractivity contribution in [3.05, 3.63) is 95.7 Å². The minimum absolute atomic E-state index is 0.161. The maximum absolute atomic E-state index is 13.4. The van der Waals surface area contributed by atoms with Gasteiger partial charge in [-0.2, -0.15) is 5.10 Å². The maximum atomic E-state index is 13.4. The number of para-hydroxylation sites is 1. The van der Waals surface area contributed by atoms with E-state index in [0.717, 1.165) is 35.5 Å². The number of benzene rings is 3. The Morgan fingerprint density at radius 2 is 1.67 bits per heavy atom. The topological polar surface area (TPSA) is 113 Å². The van der Waals surface area contributed by atoms with Crippen LogP contribution in [0.25, 0.3) is 22.7 Å². The third-order valence-electron chi connectivity index (χ3n) is 7.80. The zero-order valence-electron chi connectivity index (χ0n) is 23.9. The molecule has 2 amide bonds. The molecule has 1 atom stereocenters. The molecule has 0 bridgehead atoms. The molecule has 216 valence electrons. The van der Waals surface area contributed by atoms with Gasteiger partial charge in [0.05, 0.1) is 16.9 Å². The maximum Gasteiger partial charge on any atom is 0.328 e. The number of carboxylic acid groups (broad SMARTS) is 1. The van der Waals surface area contributed by atoms with Gasteiger partial charge >= 0.3 is 5.97 Å². The number of nitrogens with zero attached hydrogens (tertiary/aromatic N) is 2. The van der Waals surface area contributed by atoms with Crippen LogP contribution in [-0.2, 0) is 9.59 Å². The fourth-order valence-corrected chi connectivity index (χ4v) is 5.61. The lowest BCUT2D eigenvalue weighted by Crippen LogP contribution is -2.47. The van der Waals surface area contributed by atoms with Crippen LogP contribution in [0.4, 0.5) is 5.69 Å². The Morgan fingerprint density at radius 3 is 2.33 bits per heavy atom. The number of carbonyl (C=O) groups excluding carboxylic acids is 2. The van der Waals surface area contributed by atoms with Crippen LogP contribution in [0.1, 0.15) is 73.5 Å². The molecule has 42 heavy (non-hydrogen) atoms. The smallest absolute Gasteiger partial charge is 0.328 e. The predicted octanol–water partition coefficient (Wildman–Crippen LogP) is 6.56. The van der Waals surface area contributed by atoms with Crippen molar-refractivity contribution < 1.29 is 19.5 Å². The summed E-state index contributed by atoms with van der Waals surface area (Å²) in [6.45, 7) is 3.76. The van der Waals surface area contributed by atoms with Gasteiger partial charge in [0.2, 0.25) is 5.91 Å². The zero-order chi connectivity index (χ0) is 29.6. The molecule has 0 unspecified atom stereocenters. The minimum atomic E-state index is -1.03. The van der Waals surface area contributed by atoms with Gasteiger partial charge in [-0.25, -0.2) is 9.48 Å². The number of anilines is 1. The first-order chi connectivity index (χ1) is 20.3. The van der Waals surface area contributed by atoms with Crippen LogP contribution in [0, 0.1) is 5.92 Å². The highest BCUT2D eigenvalue weighted by molar-refractivity contribution is 6.03. The number of nitrogens with one attached hydrogen (secondary N) is 2. The first kappa shape index (κ1) is 28.8. The summed E-state index contributed by atoms with van der Waals surface area (Å²) >= 11 is 0. The van der Waals surface area contributed by atoms with Crippen molar-refractivity contribution in [1.82, 2.24) is 15.1 Å². The lowest BCUT2D eigenvalue weighted by Gasteiger charge is -2.23. The lowest BCUT2D eigenvalue weighted by molar-refractivity contribution is -0.131. The van der Waals surface area contributed by atoms with Gasteiger partial charge in [0.1, 0.15) is 6.04 Å². The molecule has 0 radical (unpaired) electrons. The van der Waals surface area contributed by atoms with Crippen molar-refractivity contribution in [1.29, 1.82) is 0 Å². The quantitative estimate of drug-likeness (QED) is 0.199. The van der Waals surface area contributed by atoms with Crippen molar-refractivity contribution in [3.63, 3.8) is 0 Å². The Kier molecular flexibility index (Phi) is 8.81. The molecule has 0 spiro atoms. The average molecular weight is 565 g/mol. The van der Waals surface area contributed by atoms with Crippen molar-refractivity contribution in [2.24, 2.45) is 5.92 Å². The van der Waals surface area contributed by atoms with Gasteiger partial charge in [0.25, 0.3) is 5.91 Å². The first-order valence-electron chi connectivity index (χ1n) is 14.5. The molecule has 0 saturated heterocycles. The monoisotopic (exact) mass is 564 g/mol. The molecular formula is C34H36N4O4. The summed E-state index contributed by atoms with van der Waals surface area (Å²) in [4.78, 5) is 37.3. The van der Waals surface area contributed by atoms with E-state index in [2.05, 4.69) is 22.8 Å². The molecule has 1 fully saturated rings. The van der Waals surface area contributed by atoms with E-state index in [1.807, 2.05) is 54.9 Å². The van der Waals surface area contributed by atoms with Crippen molar-refractivity contribution in [3.8, 4) is 5.69 Å². The molecule has 1 heterocycles. The highest BCUT2D eigenvalue weighted by atomic mass is 16.4. The number of amides is 2. The molecule has 4 aromatic rings. The van der Waals surface area contributed by atoms with Gasteiger partial charge in [-0.3, -0.25) is 9.59 Å². The van der Waals surface area contributed by atoms with E-state index < -0.39 is 12.0 Å². The molecule has 8 heteroatoms. The fraction of sp³-hybridized carbons (Fsp3) is 0.294. The predicted molar refractivity (Wildman–Crippen MR) is 165 cm³/mol. The summed E-state index contributed by atoms with van der Waals surface area (Å²) in [5.74, 6) is -1.45. The molecule has 0 aliphatic heterocycles. The van der Waals surface area contributed by atoms with Gasteiger partial charge in [-0.1, -0.05) is 69.5 Å². The lowest BCUT2D eigenvalue weighted by atomic mass is 9.85. The van der Waals surface area contributed by atoms with E-state index in [9.17, 15) is 14.4 Å². The molecule has 5 rings (SSSR count). The largest absolute Gasteiger partial charge is 0.478 e. The van der Waals surface area contributed by atoms with Crippen LogP contribution in [-0.4, -0.2) is 38.7 Å². The van der Waals surface area contributed by atoms with E-state index in [-0.39, 0.29) is 17.7 Å². The van der Waals surface area contributed by atoms with Crippen LogP contribution in [0.5, 0.6) is 0 Å². The van der Waals surface area contributed by atoms with E-state index in [1.54, 1.807) is 24.3 Å². The first-order valence-corrected chi connectivity index (χ1v) is 14.5. The second kappa shape index (κ2) is 12.9. The Balaban J connectivity index is 1.36. The summed E-state index contributed by atoms with van der Waals surface area (Å²) in [5.41, 5.74) is 4.66. The number of fused-ring (bicyclic) bond motifs is 1. The summed E-state index contributed by atoms with van der Waals surface area (Å²) in [6, 6.07) is 21.8. The Morgan fingerprint density at radius 1 is 0.952 bits per heavy atom. The summed E-state index contributed by atoms with van der Waals surface area (Å²) < 4.78 is 2.04. The number of hydrogen-bond acceptors (Lipinski definition) is 4. The van der Waals surface area contributed by atoms with Crippen molar-refractivity contribution >= 4 is 40.4 Å². The molecule has 1 saturated carbocycles. The normalized spacial score (nSPS) is 14.7. The molecule has 3 aromatic carbocycles. The van der Waals surface area contributed by atoms with Crippen LogP contribution >= 0.6 is 0 Å². The number of carboxylic acids is 1. The van der Waals surface area contributed by atoms with E-state index in [4.69, 9.17) is 10.2 Å². The Bertz CT molecular complexity index is 1600. The third-order valence-corrected chi connectivity index (χ3v) is 7.80. The average Bonchev–Trinajstić information content (AvgIpc) is 3.39. The van der Waals surface area contributed by atoms with E-state index in [1.165, 1.54) is 31.0 Å². The number of aromatic nitrogens is 2. The van der Waals surface area contributed by atoms with Gasteiger partial charge in [0, 0.05) is 28.6 Å². The minimum Gasteiger partial charge on any atom is -0.478 e. The Hall–Kier alpha value is -4.72. The Labute approximate surface area is 245 Å². The zero-order valence-corrected chi connectivity index (χ0v) is 23.9. The summed E-state index contributed by atoms with van der Waals surface area (Å²) in [6.07, 6.45) is 8.46. The SMILES string of the molecule is CC(C)[C@H](NC(=O)c1ccc2c(C3CCCCC3)n(-c3ccccc3)nc2c1)C(=O)Nc1ccc(/C=C/C(=O)O)cc1. The number of rotatable bonds is 9. The summed E-state index contributed by atoms with van der Waals surface area (Å²) in [5, 5.41) is 20.6. The molecule has 1 aliphatic carbocycles. The van der Waals surface area contributed by atoms with Gasteiger partial charge in [0.15, 0.2) is 0 Å². The highest BCUT2D eigenvalue weighted by Crippen LogP contribution is 2.38. The number of carbonyl (C=O) groups is 3. The second-order valence-electron chi connectivity index (χ2n) is 11.2. The molecule has 3 N–H and O–H groups in total. The summed E-state index contributed by atoms with van der Waals surface area (Å²) in [7, 11) is 0. The fourth-order valence-electron chi connectivity index (χ4n) is 5.61. The second-order valence-corrected chi connectivity index (χ2v) is 11.2. The van der Waals surface area contributed by atoms with E-state index >= 15 is 0 Å². The van der Waals surface area contributed by atoms with Crippen LogP contribution in [0.15, 0.2) is 78.9 Å².